The molecule has 0 aliphatic carbocycles. The van der Waals surface area contributed by atoms with Gasteiger partial charge in [-0.2, -0.15) is 0 Å². The highest BCUT2D eigenvalue weighted by Gasteiger charge is 2.24. The van der Waals surface area contributed by atoms with Crippen molar-refractivity contribution in [1.82, 2.24) is 10.2 Å². The smallest absolute Gasteiger partial charge is 0.231 e. The number of benzene rings is 1. The lowest BCUT2D eigenvalue weighted by Gasteiger charge is -2.37. The summed E-state index contributed by atoms with van der Waals surface area (Å²) >= 11 is 6.19. The van der Waals surface area contributed by atoms with Gasteiger partial charge in [0.15, 0.2) is 11.5 Å². The van der Waals surface area contributed by atoms with Crippen molar-refractivity contribution in [3.63, 3.8) is 0 Å². The average Bonchev–Trinajstić information content (AvgIpc) is 2.74. The molecule has 5 heteroatoms. The van der Waals surface area contributed by atoms with Crippen molar-refractivity contribution in [1.29, 1.82) is 0 Å². The van der Waals surface area contributed by atoms with Crippen LogP contribution in [0.25, 0.3) is 0 Å². The second-order valence-electron chi connectivity index (χ2n) is 4.69. The number of halogens is 1. The molecule has 0 atom stereocenters. The van der Waals surface area contributed by atoms with Crippen molar-refractivity contribution in [2.24, 2.45) is 0 Å². The first-order valence-corrected chi connectivity index (χ1v) is 6.68. The van der Waals surface area contributed by atoms with Crippen LogP contribution in [0, 0.1) is 0 Å². The number of hydrogen-bond donors (Lipinski definition) is 1. The second-order valence-corrected chi connectivity index (χ2v) is 5.09. The maximum absolute atomic E-state index is 6.19. The molecule has 3 rings (SSSR count). The third-order valence-electron chi connectivity index (χ3n) is 3.56. The standard InChI is InChI=1S/C13H17ClN2O2/c1-2-16(10-5-15-6-10)7-9-3-11(14)13-12(4-9)17-8-18-13/h3-4,10,15H,2,5-8H2,1H3. The normalized spacial score (nSPS) is 18.2. The molecule has 0 bridgehead atoms. The fourth-order valence-electron chi connectivity index (χ4n) is 2.38. The molecule has 0 radical (unpaired) electrons. The van der Waals surface area contributed by atoms with E-state index < -0.39 is 0 Å². The van der Waals surface area contributed by atoms with E-state index in [1.807, 2.05) is 12.1 Å². The largest absolute Gasteiger partial charge is 0.454 e. The Bertz CT molecular complexity index is 449. The molecule has 1 N–H and O–H groups in total. The molecule has 1 saturated heterocycles. The van der Waals surface area contributed by atoms with Gasteiger partial charge < -0.3 is 14.8 Å². The molecule has 4 nitrogen and oxygen atoms in total. The maximum atomic E-state index is 6.19. The lowest BCUT2D eigenvalue weighted by atomic mass is 10.1. The van der Waals surface area contributed by atoms with Crippen molar-refractivity contribution in [3.8, 4) is 11.5 Å². The molecule has 0 amide bonds. The molecule has 0 spiro atoms. The molecule has 1 aromatic rings. The zero-order chi connectivity index (χ0) is 12.5. The first-order chi connectivity index (χ1) is 8.78. The van der Waals surface area contributed by atoms with Crippen molar-refractivity contribution in [2.75, 3.05) is 26.4 Å². The van der Waals surface area contributed by atoms with E-state index in [2.05, 4.69) is 17.1 Å². The molecular weight excluding hydrogens is 252 g/mol. The number of fused-ring (bicyclic) bond motifs is 1. The highest BCUT2D eigenvalue weighted by atomic mass is 35.5. The van der Waals surface area contributed by atoms with Crippen LogP contribution >= 0.6 is 11.6 Å². The Hall–Kier alpha value is -0.970. The summed E-state index contributed by atoms with van der Waals surface area (Å²) in [5, 5.41) is 3.94. The van der Waals surface area contributed by atoms with Crippen LogP contribution in [-0.2, 0) is 6.54 Å². The van der Waals surface area contributed by atoms with E-state index in [4.69, 9.17) is 21.1 Å². The fourth-order valence-corrected chi connectivity index (χ4v) is 2.67. The van der Waals surface area contributed by atoms with Gasteiger partial charge in [-0.05, 0) is 24.2 Å². The van der Waals surface area contributed by atoms with Crippen LogP contribution in [0.2, 0.25) is 5.02 Å². The molecule has 0 aromatic heterocycles. The highest BCUT2D eigenvalue weighted by molar-refractivity contribution is 6.32. The Kier molecular flexibility index (Phi) is 3.33. The molecule has 1 fully saturated rings. The SMILES string of the molecule is CCN(Cc1cc(Cl)c2c(c1)OCO2)C1CNC1. The first kappa shape index (κ1) is 12.1. The Morgan fingerprint density at radius 1 is 1.39 bits per heavy atom. The molecule has 2 aliphatic heterocycles. The van der Waals surface area contributed by atoms with Gasteiger partial charge in [-0.3, -0.25) is 4.90 Å². The Morgan fingerprint density at radius 3 is 2.89 bits per heavy atom. The molecule has 2 heterocycles. The summed E-state index contributed by atoms with van der Waals surface area (Å²) in [6.07, 6.45) is 0. The van der Waals surface area contributed by atoms with E-state index in [0.29, 0.717) is 16.8 Å². The monoisotopic (exact) mass is 268 g/mol. The lowest BCUT2D eigenvalue weighted by molar-refractivity contribution is 0.145. The summed E-state index contributed by atoms with van der Waals surface area (Å²) in [7, 11) is 0. The van der Waals surface area contributed by atoms with Crippen LogP contribution in [0.1, 0.15) is 12.5 Å². The molecule has 1 aromatic carbocycles. The predicted molar refractivity (Wildman–Crippen MR) is 70.3 cm³/mol. The quantitative estimate of drug-likeness (QED) is 0.904. The molecule has 0 unspecified atom stereocenters. The zero-order valence-corrected chi connectivity index (χ0v) is 11.2. The summed E-state index contributed by atoms with van der Waals surface area (Å²) in [6.45, 7) is 6.55. The second kappa shape index (κ2) is 4.96. The van der Waals surface area contributed by atoms with Crippen LogP contribution in [0.15, 0.2) is 12.1 Å². The molecule has 0 saturated carbocycles. The third kappa shape index (κ3) is 2.16. The minimum absolute atomic E-state index is 0.266. The van der Waals surface area contributed by atoms with Crippen LogP contribution in [0.3, 0.4) is 0 Å². The Morgan fingerprint density at radius 2 is 2.22 bits per heavy atom. The van der Waals surface area contributed by atoms with E-state index in [1.54, 1.807) is 0 Å². The van der Waals surface area contributed by atoms with Crippen LogP contribution in [-0.4, -0.2) is 37.4 Å². The van der Waals surface area contributed by atoms with Crippen molar-refractivity contribution in [3.05, 3.63) is 22.7 Å². The van der Waals surface area contributed by atoms with Gasteiger partial charge in [-0.25, -0.2) is 0 Å². The van der Waals surface area contributed by atoms with E-state index in [9.17, 15) is 0 Å². The molecule has 18 heavy (non-hydrogen) atoms. The number of hydrogen-bond acceptors (Lipinski definition) is 4. The third-order valence-corrected chi connectivity index (χ3v) is 3.84. The van der Waals surface area contributed by atoms with E-state index in [1.165, 1.54) is 5.56 Å². The summed E-state index contributed by atoms with van der Waals surface area (Å²) in [5.41, 5.74) is 1.18. The van der Waals surface area contributed by atoms with Crippen molar-refractivity contribution in [2.45, 2.75) is 19.5 Å². The van der Waals surface area contributed by atoms with Crippen LogP contribution in [0.5, 0.6) is 11.5 Å². The zero-order valence-electron chi connectivity index (χ0n) is 10.4. The van der Waals surface area contributed by atoms with Gasteiger partial charge in [0.2, 0.25) is 6.79 Å². The summed E-state index contributed by atoms with van der Waals surface area (Å²) < 4.78 is 10.7. The minimum atomic E-state index is 0.266. The van der Waals surface area contributed by atoms with Crippen LogP contribution in [0.4, 0.5) is 0 Å². The van der Waals surface area contributed by atoms with Gasteiger partial charge in [-0.1, -0.05) is 18.5 Å². The van der Waals surface area contributed by atoms with E-state index in [0.717, 1.165) is 31.9 Å². The van der Waals surface area contributed by atoms with Gasteiger partial charge >= 0.3 is 0 Å². The number of nitrogens with zero attached hydrogens (tertiary/aromatic N) is 1. The average molecular weight is 269 g/mol. The predicted octanol–water partition coefficient (Wildman–Crippen LogP) is 1.86. The van der Waals surface area contributed by atoms with E-state index >= 15 is 0 Å². The number of likely N-dealkylation sites (N-methyl/N-ethyl adjacent to an activating group) is 1. The van der Waals surface area contributed by atoms with Crippen molar-refractivity contribution < 1.29 is 9.47 Å². The Labute approximate surface area is 112 Å². The lowest BCUT2D eigenvalue weighted by Crippen LogP contribution is -2.56. The van der Waals surface area contributed by atoms with Gasteiger partial charge in [0.1, 0.15) is 0 Å². The van der Waals surface area contributed by atoms with Gasteiger partial charge in [0.05, 0.1) is 5.02 Å². The molecule has 2 aliphatic rings. The summed E-state index contributed by atoms with van der Waals surface area (Å²) in [5.74, 6) is 1.44. The molecule has 98 valence electrons. The van der Waals surface area contributed by atoms with E-state index in [-0.39, 0.29) is 6.79 Å². The number of ether oxygens (including phenoxy) is 2. The van der Waals surface area contributed by atoms with Crippen molar-refractivity contribution >= 4 is 11.6 Å². The van der Waals surface area contributed by atoms with Gasteiger partial charge in [-0.15, -0.1) is 0 Å². The number of nitrogens with one attached hydrogen (secondary N) is 1. The van der Waals surface area contributed by atoms with Gasteiger partial charge in [0.25, 0.3) is 0 Å². The van der Waals surface area contributed by atoms with Crippen LogP contribution < -0.4 is 14.8 Å². The summed E-state index contributed by atoms with van der Waals surface area (Å²) in [4.78, 5) is 2.45. The van der Waals surface area contributed by atoms with Gasteiger partial charge in [0, 0.05) is 25.7 Å². The topological polar surface area (TPSA) is 33.7 Å². The summed E-state index contributed by atoms with van der Waals surface area (Å²) in [6, 6.07) is 4.64. The minimum Gasteiger partial charge on any atom is -0.454 e. The first-order valence-electron chi connectivity index (χ1n) is 6.30. The Balaban J connectivity index is 1.77. The highest BCUT2D eigenvalue weighted by Crippen LogP contribution is 2.40. The molecular formula is C13H17ClN2O2. The maximum Gasteiger partial charge on any atom is 0.231 e. The number of rotatable bonds is 4. The fraction of sp³-hybridized carbons (Fsp3) is 0.538.